The summed E-state index contributed by atoms with van der Waals surface area (Å²) < 4.78 is 0. The molecule has 21 heavy (non-hydrogen) atoms. The fraction of sp³-hybridized carbons (Fsp3) is 0.529. The lowest BCUT2D eigenvalue weighted by atomic mass is 9.86. The average molecular weight is 288 g/mol. The Morgan fingerprint density at radius 3 is 2.48 bits per heavy atom. The largest absolute Gasteiger partial charge is 0.351 e. The molecule has 1 aromatic rings. The minimum absolute atomic E-state index is 0.0990. The van der Waals surface area contributed by atoms with Gasteiger partial charge in [-0.3, -0.25) is 9.59 Å². The fourth-order valence-electron chi connectivity index (χ4n) is 2.77. The van der Waals surface area contributed by atoms with Crippen LogP contribution >= 0.6 is 0 Å². The summed E-state index contributed by atoms with van der Waals surface area (Å²) in [6.07, 6.45) is 4.61. The quantitative estimate of drug-likeness (QED) is 0.894. The van der Waals surface area contributed by atoms with E-state index in [2.05, 4.69) is 17.6 Å². The van der Waals surface area contributed by atoms with Gasteiger partial charge in [0.2, 0.25) is 5.91 Å². The molecule has 0 bridgehead atoms. The first-order valence-corrected chi connectivity index (χ1v) is 7.74. The second-order valence-electron chi connectivity index (χ2n) is 5.94. The highest BCUT2D eigenvalue weighted by atomic mass is 16.2. The van der Waals surface area contributed by atoms with Crippen molar-refractivity contribution in [2.24, 2.45) is 5.92 Å². The maximum Gasteiger partial charge on any atom is 0.251 e. The summed E-state index contributed by atoms with van der Waals surface area (Å²) in [5.74, 6) is 0.202. The first-order valence-electron chi connectivity index (χ1n) is 7.74. The Kier molecular flexibility index (Phi) is 5.37. The van der Waals surface area contributed by atoms with Gasteiger partial charge in [0.15, 0.2) is 0 Å². The van der Waals surface area contributed by atoms with Crippen LogP contribution in [0.3, 0.4) is 0 Å². The van der Waals surface area contributed by atoms with E-state index < -0.39 is 6.04 Å². The molecule has 0 saturated heterocycles. The van der Waals surface area contributed by atoms with E-state index in [4.69, 9.17) is 0 Å². The van der Waals surface area contributed by atoms with Crippen molar-refractivity contribution in [2.75, 3.05) is 0 Å². The van der Waals surface area contributed by atoms with Crippen molar-refractivity contribution in [3.8, 4) is 0 Å². The predicted octanol–water partition coefficient (Wildman–Crippen LogP) is 2.50. The molecule has 114 valence electrons. The van der Waals surface area contributed by atoms with Gasteiger partial charge in [0.05, 0.1) is 0 Å². The molecule has 1 aromatic carbocycles. The van der Waals surface area contributed by atoms with Gasteiger partial charge in [-0.25, -0.2) is 0 Å². The fourth-order valence-corrected chi connectivity index (χ4v) is 2.77. The summed E-state index contributed by atoms with van der Waals surface area (Å²) in [6, 6.07) is 8.67. The summed E-state index contributed by atoms with van der Waals surface area (Å²) in [7, 11) is 0. The van der Waals surface area contributed by atoms with Crippen LogP contribution in [0.4, 0.5) is 0 Å². The van der Waals surface area contributed by atoms with Gasteiger partial charge in [-0.05, 0) is 37.8 Å². The normalized spacial score (nSPS) is 23.1. The third kappa shape index (κ3) is 4.31. The van der Waals surface area contributed by atoms with E-state index >= 15 is 0 Å². The predicted molar refractivity (Wildman–Crippen MR) is 82.9 cm³/mol. The number of carbonyl (C=O) groups is 2. The molecule has 1 aliphatic rings. The first-order chi connectivity index (χ1) is 10.1. The van der Waals surface area contributed by atoms with Crippen LogP contribution in [0.2, 0.25) is 0 Å². The summed E-state index contributed by atoms with van der Waals surface area (Å²) in [5, 5.41) is 5.82. The number of amides is 2. The Morgan fingerprint density at radius 2 is 1.81 bits per heavy atom. The van der Waals surface area contributed by atoms with Gasteiger partial charge in [-0.15, -0.1) is 0 Å². The Hall–Kier alpha value is -1.84. The summed E-state index contributed by atoms with van der Waals surface area (Å²) in [6.45, 7) is 3.90. The molecule has 1 fully saturated rings. The molecule has 4 nitrogen and oxygen atoms in total. The van der Waals surface area contributed by atoms with Gasteiger partial charge < -0.3 is 10.6 Å². The maximum absolute atomic E-state index is 12.2. The van der Waals surface area contributed by atoms with Crippen LogP contribution in [0, 0.1) is 5.92 Å². The van der Waals surface area contributed by atoms with E-state index in [9.17, 15) is 9.59 Å². The van der Waals surface area contributed by atoms with Crippen LogP contribution in [0.15, 0.2) is 30.3 Å². The summed E-state index contributed by atoms with van der Waals surface area (Å²) >= 11 is 0. The maximum atomic E-state index is 12.2. The van der Waals surface area contributed by atoms with E-state index in [0.29, 0.717) is 11.5 Å². The number of nitrogens with one attached hydrogen (secondary N) is 2. The molecule has 0 spiro atoms. The van der Waals surface area contributed by atoms with Crippen LogP contribution in [0.25, 0.3) is 0 Å². The topological polar surface area (TPSA) is 58.2 Å². The van der Waals surface area contributed by atoms with Crippen molar-refractivity contribution in [3.05, 3.63) is 35.9 Å². The number of benzene rings is 1. The zero-order valence-electron chi connectivity index (χ0n) is 12.8. The SMILES string of the molecule is CC(NC(=O)c1ccccc1)C(=O)NC1CCCCC1C. The Labute approximate surface area is 126 Å². The molecule has 0 aromatic heterocycles. The van der Waals surface area contributed by atoms with E-state index in [1.54, 1.807) is 19.1 Å². The molecule has 1 saturated carbocycles. The smallest absolute Gasteiger partial charge is 0.251 e. The van der Waals surface area contributed by atoms with Crippen molar-refractivity contribution in [3.63, 3.8) is 0 Å². The monoisotopic (exact) mass is 288 g/mol. The van der Waals surface area contributed by atoms with Crippen molar-refractivity contribution < 1.29 is 9.59 Å². The molecule has 3 unspecified atom stereocenters. The highest BCUT2D eigenvalue weighted by molar-refractivity contribution is 5.97. The molecule has 2 amide bonds. The van der Waals surface area contributed by atoms with Crippen molar-refractivity contribution in [2.45, 2.75) is 51.6 Å². The van der Waals surface area contributed by atoms with Gasteiger partial charge in [-0.1, -0.05) is 38.0 Å². The lowest BCUT2D eigenvalue weighted by Gasteiger charge is -2.30. The zero-order chi connectivity index (χ0) is 15.2. The van der Waals surface area contributed by atoms with Crippen molar-refractivity contribution >= 4 is 11.8 Å². The van der Waals surface area contributed by atoms with E-state index in [1.165, 1.54) is 12.8 Å². The van der Waals surface area contributed by atoms with Crippen LogP contribution in [-0.4, -0.2) is 23.9 Å². The van der Waals surface area contributed by atoms with Gasteiger partial charge in [0, 0.05) is 11.6 Å². The standard InChI is InChI=1S/C17H24N2O2/c1-12-8-6-7-11-15(12)19-16(20)13(2)18-17(21)14-9-4-3-5-10-14/h3-5,9-10,12-13,15H,6-8,11H2,1-2H3,(H,18,21)(H,19,20). The molecule has 2 N–H and O–H groups in total. The molecule has 0 radical (unpaired) electrons. The van der Waals surface area contributed by atoms with Crippen LogP contribution in [0.1, 0.15) is 49.9 Å². The molecule has 0 aliphatic heterocycles. The zero-order valence-corrected chi connectivity index (χ0v) is 12.8. The van der Waals surface area contributed by atoms with Gasteiger partial charge in [-0.2, -0.15) is 0 Å². The third-order valence-corrected chi connectivity index (χ3v) is 4.22. The van der Waals surface area contributed by atoms with Gasteiger partial charge >= 0.3 is 0 Å². The molecule has 0 heterocycles. The Morgan fingerprint density at radius 1 is 1.14 bits per heavy atom. The van der Waals surface area contributed by atoms with E-state index in [0.717, 1.165) is 12.8 Å². The molecular formula is C17H24N2O2. The minimum Gasteiger partial charge on any atom is -0.351 e. The minimum atomic E-state index is -0.521. The van der Waals surface area contributed by atoms with E-state index in [-0.39, 0.29) is 17.9 Å². The van der Waals surface area contributed by atoms with Crippen LogP contribution in [0.5, 0.6) is 0 Å². The Balaban J connectivity index is 1.86. The second-order valence-corrected chi connectivity index (χ2v) is 5.94. The number of rotatable bonds is 4. The second kappa shape index (κ2) is 7.25. The molecule has 2 rings (SSSR count). The summed E-state index contributed by atoms with van der Waals surface area (Å²) in [4.78, 5) is 24.2. The number of carbonyl (C=O) groups excluding carboxylic acids is 2. The number of hydrogen-bond acceptors (Lipinski definition) is 2. The molecule has 3 atom stereocenters. The molecule has 4 heteroatoms. The first kappa shape index (κ1) is 15.5. The van der Waals surface area contributed by atoms with Crippen LogP contribution < -0.4 is 10.6 Å². The summed E-state index contributed by atoms with van der Waals surface area (Å²) in [5.41, 5.74) is 0.572. The van der Waals surface area contributed by atoms with E-state index in [1.807, 2.05) is 18.2 Å². The molecular weight excluding hydrogens is 264 g/mol. The van der Waals surface area contributed by atoms with Gasteiger partial charge in [0.25, 0.3) is 5.91 Å². The lowest BCUT2D eigenvalue weighted by molar-refractivity contribution is -0.123. The average Bonchev–Trinajstić information content (AvgIpc) is 2.50. The Bertz CT molecular complexity index is 487. The third-order valence-electron chi connectivity index (χ3n) is 4.22. The highest BCUT2D eigenvalue weighted by Crippen LogP contribution is 2.23. The van der Waals surface area contributed by atoms with Crippen molar-refractivity contribution in [1.29, 1.82) is 0 Å². The molecule has 1 aliphatic carbocycles. The number of hydrogen-bond donors (Lipinski definition) is 2. The van der Waals surface area contributed by atoms with Crippen molar-refractivity contribution in [1.82, 2.24) is 10.6 Å². The van der Waals surface area contributed by atoms with Gasteiger partial charge in [0.1, 0.15) is 6.04 Å². The lowest BCUT2D eigenvalue weighted by Crippen LogP contribution is -2.50. The highest BCUT2D eigenvalue weighted by Gasteiger charge is 2.25. The van der Waals surface area contributed by atoms with Crippen LogP contribution in [-0.2, 0) is 4.79 Å².